The molecule has 0 amide bonds. The van der Waals surface area contributed by atoms with Gasteiger partial charge < -0.3 is 20.3 Å². The molecule has 0 radical (unpaired) electrons. The van der Waals surface area contributed by atoms with Gasteiger partial charge >= 0.3 is 0 Å². The Hall–Kier alpha value is 0.190. The Kier molecular flexibility index (Phi) is 9.07. The zero-order valence-electron chi connectivity index (χ0n) is 12.2. The third-order valence-electron chi connectivity index (χ3n) is 3.79. The molecule has 3 atom stereocenters. The summed E-state index contributed by atoms with van der Waals surface area (Å²) in [4.78, 5) is 0. The summed E-state index contributed by atoms with van der Waals surface area (Å²) < 4.78 is 5.75. The van der Waals surface area contributed by atoms with E-state index in [0.717, 1.165) is 12.8 Å². The lowest BCUT2D eigenvalue weighted by Gasteiger charge is -2.25. The molecule has 0 aromatic carbocycles. The minimum Gasteiger partial charge on any atom is -0.395 e. The van der Waals surface area contributed by atoms with Gasteiger partial charge in [0.1, 0.15) is 0 Å². The van der Waals surface area contributed by atoms with Crippen LogP contribution in [0.1, 0.15) is 39.0 Å². The lowest BCUT2D eigenvalue weighted by Crippen LogP contribution is -2.42. The predicted octanol–water partition coefficient (Wildman–Crippen LogP) is 1.40. The maximum atomic E-state index is 9.90. The summed E-state index contributed by atoms with van der Waals surface area (Å²) in [6.07, 6.45) is 7.96. The van der Waals surface area contributed by atoms with Gasteiger partial charge in [-0.3, -0.25) is 0 Å². The zero-order chi connectivity index (χ0) is 14.1. The maximum absolute atomic E-state index is 9.90. The van der Waals surface area contributed by atoms with Crippen LogP contribution in [-0.2, 0) is 4.74 Å². The number of nitrogens with one attached hydrogen (secondary N) is 1. The Labute approximate surface area is 121 Å². The fourth-order valence-corrected chi connectivity index (χ4v) is 3.08. The number of aliphatic hydroxyl groups is 2. The van der Waals surface area contributed by atoms with Crippen LogP contribution in [-0.4, -0.2) is 59.7 Å². The van der Waals surface area contributed by atoms with E-state index in [1.54, 1.807) is 11.8 Å². The van der Waals surface area contributed by atoms with Gasteiger partial charge in [0.05, 0.1) is 25.4 Å². The molecule has 5 heteroatoms. The summed E-state index contributed by atoms with van der Waals surface area (Å²) >= 11 is 1.64. The molecule has 0 aliphatic heterocycles. The van der Waals surface area contributed by atoms with Crippen LogP contribution in [0.15, 0.2) is 0 Å². The Morgan fingerprint density at radius 3 is 2.58 bits per heavy atom. The van der Waals surface area contributed by atoms with Crippen LogP contribution in [0.2, 0.25) is 0 Å². The molecule has 0 bridgehead atoms. The molecule has 0 heterocycles. The van der Waals surface area contributed by atoms with Crippen LogP contribution in [0, 0.1) is 0 Å². The first-order valence-electron chi connectivity index (χ1n) is 7.34. The molecule has 0 saturated heterocycles. The third kappa shape index (κ3) is 6.95. The molecule has 1 aliphatic rings. The summed E-state index contributed by atoms with van der Waals surface area (Å²) in [6.45, 7) is 3.12. The van der Waals surface area contributed by atoms with Crippen LogP contribution < -0.4 is 5.32 Å². The van der Waals surface area contributed by atoms with Gasteiger partial charge in [0.15, 0.2) is 0 Å². The van der Waals surface area contributed by atoms with Crippen molar-refractivity contribution in [2.75, 3.05) is 26.0 Å². The first kappa shape index (κ1) is 17.2. The molecular weight excluding hydrogens is 262 g/mol. The minimum atomic E-state index is -0.467. The number of hydrogen-bond donors (Lipinski definition) is 3. The quantitative estimate of drug-likeness (QED) is 0.599. The Bertz CT molecular complexity index is 221. The van der Waals surface area contributed by atoms with Crippen molar-refractivity contribution in [2.24, 2.45) is 0 Å². The first-order valence-corrected chi connectivity index (χ1v) is 8.62. The van der Waals surface area contributed by atoms with Gasteiger partial charge in [-0.25, -0.2) is 0 Å². The lowest BCUT2D eigenvalue weighted by atomic mass is 9.98. The molecule has 1 rings (SSSR count). The van der Waals surface area contributed by atoms with Gasteiger partial charge in [-0.2, -0.15) is 11.8 Å². The van der Waals surface area contributed by atoms with Gasteiger partial charge in [-0.05, 0) is 26.0 Å². The SMILES string of the molecule is CSC(CO)C(C)NCC(O)COC1CCCCC1. The van der Waals surface area contributed by atoms with Crippen molar-refractivity contribution in [3.05, 3.63) is 0 Å². The van der Waals surface area contributed by atoms with E-state index < -0.39 is 6.10 Å². The van der Waals surface area contributed by atoms with Gasteiger partial charge in [0, 0.05) is 17.8 Å². The molecule has 0 spiro atoms. The fourth-order valence-electron chi connectivity index (χ4n) is 2.43. The second kappa shape index (κ2) is 10.00. The third-order valence-corrected chi connectivity index (χ3v) is 4.96. The molecule has 19 heavy (non-hydrogen) atoms. The highest BCUT2D eigenvalue weighted by molar-refractivity contribution is 7.99. The highest BCUT2D eigenvalue weighted by Crippen LogP contribution is 2.20. The van der Waals surface area contributed by atoms with E-state index in [-0.39, 0.29) is 17.9 Å². The van der Waals surface area contributed by atoms with E-state index in [1.807, 2.05) is 13.2 Å². The highest BCUT2D eigenvalue weighted by atomic mass is 32.2. The molecule has 1 aliphatic carbocycles. The maximum Gasteiger partial charge on any atom is 0.0897 e. The van der Waals surface area contributed by atoms with Crippen molar-refractivity contribution < 1.29 is 14.9 Å². The van der Waals surface area contributed by atoms with Gasteiger partial charge in [-0.15, -0.1) is 0 Å². The number of rotatable bonds is 9. The van der Waals surface area contributed by atoms with E-state index in [1.165, 1.54) is 19.3 Å². The zero-order valence-corrected chi connectivity index (χ0v) is 13.0. The number of ether oxygens (including phenoxy) is 1. The summed E-state index contributed by atoms with van der Waals surface area (Å²) in [5.74, 6) is 0. The molecular formula is C14H29NO3S. The minimum absolute atomic E-state index is 0.157. The summed E-state index contributed by atoms with van der Waals surface area (Å²) in [7, 11) is 0. The smallest absolute Gasteiger partial charge is 0.0897 e. The van der Waals surface area contributed by atoms with Gasteiger partial charge in [0.25, 0.3) is 0 Å². The van der Waals surface area contributed by atoms with Crippen molar-refractivity contribution in [3.8, 4) is 0 Å². The van der Waals surface area contributed by atoms with Crippen LogP contribution >= 0.6 is 11.8 Å². The van der Waals surface area contributed by atoms with Crippen LogP contribution in [0.25, 0.3) is 0 Å². The average Bonchev–Trinajstić information content (AvgIpc) is 2.45. The van der Waals surface area contributed by atoms with Gasteiger partial charge in [0.2, 0.25) is 0 Å². The van der Waals surface area contributed by atoms with Crippen LogP contribution in [0.3, 0.4) is 0 Å². The predicted molar refractivity (Wildman–Crippen MR) is 80.7 cm³/mol. The van der Waals surface area contributed by atoms with Crippen LogP contribution in [0.5, 0.6) is 0 Å². The highest BCUT2D eigenvalue weighted by Gasteiger charge is 2.18. The van der Waals surface area contributed by atoms with Crippen molar-refractivity contribution in [1.82, 2.24) is 5.32 Å². The normalized spacial score (nSPS) is 22.1. The molecule has 0 aromatic rings. The van der Waals surface area contributed by atoms with E-state index in [2.05, 4.69) is 5.32 Å². The van der Waals surface area contributed by atoms with Gasteiger partial charge in [-0.1, -0.05) is 19.3 Å². The van der Waals surface area contributed by atoms with Crippen molar-refractivity contribution in [2.45, 2.75) is 62.5 Å². The molecule has 4 nitrogen and oxygen atoms in total. The number of aliphatic hydroxyl groups excluding tert-OH is 2. The largest absolute Gasteiger partial charge is 0.395 e. The summed E-state index contributed by atoms with van der Waals surface area (Å²) in [5.41, 5.74) is 0. The Morgan fingerprint density at radius 1 is 1.32 bits per heavy atom. The van der Waals surface area contributed by atoms with Crippen molar-refractivity contribution in [1.29, 1.82) is 0 Å². The second-order valence-corrected chi connectivity index (χ2v) is 6.48. The Balaban J connectivity index is 2.11. The monoisotopic (exact) mass is 291 g/mol. The molecule has 0 aromatic heterocycles. The molecule has 1 fully saturated rings. The van der Waals surface area contributed by atoms with E-state index in [9.17, 15) is 10.2 Å². The van der Waals surface area contributed by atoms with E-state index in [0.29, 0.717) is 19.3 Å². The molecule has 3 unspecified atom stereocenters. The van der Waals surface area contributed by atoms with Crippen LogP contribution in [0.4, 0.5) is 0 Å². The second-order valence-electron chi connectivity index (χ2n) is 5.40. The first-order chi connectivity index (χ1) is 9.17. The summed E-state index contributed by atoms with van der Waals surface area (Å²) in [6, 6.07) is 0.185. The summed E-state index contributed by atoms with van der Waals surface area (Å²) in [5, 5.41) is 22.5. The Morgan fingerprint density at radius 2 is 2.00 bits per heavy atom. The average molecular weight is 291 g/mol. The fraction of sp³-hybridized carbons (Fsp3) is 1.00. The van der Waals surface area contributed by atoms with Crippen molar-refractivity contribution in [3.63, 3.8) is 0 Å². The molecule has 3 N–H and O–H groups in total. The molecule has 1 saturated carbocycles. The topological polar surface area (TPSA) is 61.7 Å². The number of hydrogen-bond acceptors (Lipinski definition) is 5. The molecule has 114 valence electrons. The van der Waals surface area contributed by atoms with Crippen molar-refractivity contribution >= 4 is 11.8 Å². The van der Waals surface area contributed by atoms with E-state index >= 15 is 0 Å². The number of thioether (sulfide) groups is 1. The standard InChI is InChI=1S/C14H29NO3S/c1-11(14(9-16)19-2)15-8-12(17)10-18-13-6-4-3-5-7-13/h11-17H,3-10H2,1-2H3. The van der Waals surface area contributed by atoms with E-state index in [4.69, 9.17) is 4.74 Å². The lowest BCUT2D eigenvalue weighted by molar-refractivity contribution is -0.0235.